The fraction of sp³-hybridized carbons (Fsp3) is 0.692. The van der Waals surface area contributed by atoms with Gasteiger partial charge >= 0.3 is 0 Å². The topological polar surface area (TPSA) is 63.4 Å². The highest BCUT2D eigenvalue weighted by Crippen LogP contribution is 2.36. The van der Waals surface area contributed by atoms with Crippen LogP contribution in [-0.4, -0.2) is 25.8 Å². The second-order valence-electron chi connectivity index (χ2n) is 5.55. The molecule has 0 unspecified atom stereocenters. The fourth-order valence-electron chi connectivity index (χ4n) is 2.34. The van der Waals surface area contributed by atoms with E-state index in [1.807, 2.05) is 5.38 Å². The molecule has 0 aromatic carbocycles. The quantitative estimate of drug-likeness (QED) is 0.929. The summed E-state index contributed by atoms with van der Waals surface area (Å²) in [7, 11) is -3.31. The van der Waals surface area contributed by atoms with Crippen molar-refractivity contribution < 1.29 is 8.42 Å². The lowest BCUT2D eigenvalue weighted by atomic mass is 9.79. The van der Waals surface area contributed by atoms with E-state index in [1.165, 1.54) is 11.3 Å². The van der Waals surface area contributed by atoms with E-state index in [9.17, 15) is 8.42 Å². The first-order valence-corrected chi connectivity index (χ1v) is 9.01. The van der Waals surface area contributed by atoms with Crippen LogP contribution >= 0.6 is 11.3 Å². The predicted octanol–water partition coefficient (Wildman–Crippen LogP) is 2.41. The third-order valence-electron chi connectivity index (χ3n) is 4.24. The van der Waals surface area contributed by atoms with Gasteiger partial charge in [-0.05, 0) is 35.3 Å². The maximum atomic E-state index is 12.5. The van der Waals surface area contributed by atoms with Crippen LogP contribution in [0.15, 0.2) is 15.7 Å². The summed E-state index contributed by atoms with van der Waals surface area (Å²) in [6.45, 7) is 6.07. The number of hydrogen-bond acceptors (Lipinski definition) is 4. The lowest BCUT2D eigenvalue weighted by molar-refractivity contribution is 0.169. The molecule has 2 rings (SSSR count). The molecule has 1 aromatic rings. The molecule has 2 N–H and O–H groups in total. The van der Waals surface area contributed by atoms with Crippen molar-refractivity contribution >= 4 is 21.4 Å². The first-order chi connectivity index (χ1) is 8.91. The van der Waals surface area contributed by atoms with Gasteiger partial charge in [0, 0.05) is 19.6 Å². The Morgan fingerprint density at radius 2 is 2.05 bits per heavy atom. The molecule has 2 heterocycles. The van der Waals surface area contributed by atoms with Crippen LogP contribution < -0.4 is 5.73 Å². The molecule has 1 aromatic heterocycles. The van der Waals surface area contributed by atoms with Crippen LogP contribution in [0, 0.1) is 5.41 Å². The third-order valence-corrected chi connectivity index (χ3v) is 7.61. The molecule has 108 valence electrons. The normalized spacial score (nSPS) is 20.6. The van der Waals surface area contributed by atoms with Gasteiger partial charge in [0.2, 0.25) is 0 Å². The number of hydrogen-bond donors (Lipinski definition) is 1. The molecule has 0 radical (unpaired) electrons. The zero-order valence-corrected chi connectivity index (χ0v) is 13.2. The minimum absolute atomic E-state index is 0.296. The highest BCUT2D eigenvalue weighted by molar-refractivity contribution is 7.91. The fourth-order valence-corrected chi connectivity index (χ4v) is 5.16. The number of thiophene rings is 1. The molecule has 0 atom stereocenters. The Morgan fingerprint density at radius 3 is 2.53 bits per heavy atom. The molecule has 6 heteroatoms. The van der Waals surface area contributed by atoms with Gasteiger partial charge in [-0.1, -0.05) is 20.3 Å². The smallest absolute Gasteiger partial charge is 0.252 e. The van der Waals surface area contributed by atoms with E-state index >= 15 is 0 Å². The Morgan fingerprint density at radius 1 is 1.42 bits per heavy atom. The van der Waals surface area contributed by atoms with Crippen molar-refractivity contribution in [2.24, 2.45) is 11.1 Å². The van der Waals surface area contributed by atoms with Crippen molar-refractivity contribution in [3.05, 3.63) is 17.0 Å². The number of nitrogens with zero attached hydrogens (tertiary/aromatic N) is 1. The molecule has 0 aliphatic carbocycles. The van der Waals surface area contributed by atoms with E-state index in [0.29, 0.717) is 29.3 Å². The summed E-state index contributed by atoms with van der Waals surface area (Å²) in [5, 5.41) is 1.83. The molecule has 1 fully saturated rings. The average molecular weight is 302 g/mol. The number of piperidine rings is 1. The van der Waals surface area contributed by atoms with Crippen LogP contribution in [0.25, 0.3) is 0 Å². The third kappa shape index (κ3) is 3.02. The van der Waals surface area contributed by atoms with Gasteiger partial charge in [-0.25, -0.2) is 8.42 Å². The Hall–Kier alpha value is -0.430. The predicted molar refractivity (Wildman–Crippen MR) is 78.6 cm³/mol. The van der Waals surface area contributed by atoms with Gasteiger partial charge in [0.25, 0.3) is 10.0 Å². The summed E-state index contributed by atoms with van der Waals surface area (Å²) >= 11 is 1.27. The van der Waals surface area contributed by atoms with Gasteiger partial charge in [-0.15, -0.1) is 11.3 Å². The van der Waals surface area contributed by atoms with E-state index in [0.717, 1.165) is 24.8 Å². The Balaban J connectivity index is 2.14. The summed E-state index contributed by atoms with van der Waals surface area (Å²) in [4.78, 5) is 0. The molecule has 19 heavy (non-hydrogen) atoms. The van der Waals surface area contributed by atoms with Crippen LogP contribution in [-0.2, 0) is 16.6 Å². The standard InChI is InChI=1S/C13H22N2O2S2/c1-3-13(2)4-6-15(7-5-13)19(16,17)12-8-11(9-14)10-18-12/h8,10H,3-7,9,14H2,1-2H3. The molecule has 1 saturated heterocycles. The monoisotopic (exact) mass is 302 g/mol. The molecule has 0 bridgehead atoms. The Bertz CT molecular complexity index is 529. The molecule has 0 amide bonds. The van der Waals surface area contributed by atoms with E-state index in [-0.39, 0.29) is 0 Å². The van der Waals surface area contributed by atoms with Gasteiger partial charge in [-0.3, -0.25) is 0 Å². The molecule has 4 nitrogen and oxygen atoms in total. The minimum Gasteiger partial charge on any atom is -0.326 e. The first kappa shape index (κ1) is 15.0. The van der Waals surface area contributed by atoms with Gasteiger partial charge in [-0.2, -0.15) is 4.31 Å². The Labute approximate surface area is 119 Å². The largest absolute Gasteiger partial charge is 0.326 e. The van der Waals surface area contributed by atoms with Crippen LogP contribution in [0.3, 0.4) is 0 Å². The van der Waals surface area contributed by atoms with Crippen LogP contribution in [0.1, 0.15) is 38.7 Å². The second kappa shape index (κ2) is 5.52. The maximum absolute atomic E-state index is 12.5. The van der Waals surface area contributed by atoms with E-state index in [4.69, 9.17) is 5.73 Å². The number of sulfonamides is 1. The van der Waals surface area contributed by atoms with Gasteiger partial charge in [0.05, 0.1) is 0 Å². The van der Waals surface area contributed by atoms with Crippen LogP contribution in [0.4, 0.5) is 0 Å². The summed E-state index contributed by atoms with van der Waals surface area (Å²) in [6.07, 6.45) is 2.99. The molecule has 1 aliphatic rings. The van der Waals surface area contributed by atoms with Crippen molar-refractivity contribution in [2.75, 3.05) is 13.1 Å². The summed E-state index contributed by atoms with van der Waals surface area (Å²) < 4.78 is 27.1. The molecule has 0 saturated carbocycles. The lowest BCUT2D eigenvalue weighted by Crippen LogP contribution is -2.41. The van der Waals surface area contributed by atoms with Crippen molar-refractivity contribution in [2.45, 2.75) is 43.9 Å². The van der Waals surface area contributed by atoms with Crippen molar-refractivity contribution in [3.63, 3.8) is 0 Å². The molecular weight excluding hydrogens is 280 g/mol. The van der Waals surface area contributed by atoms with Gasteiger partial charge < -0.3 is 5.73 Å². The van der Waals surface area contributed by atoms with E-state index in [1.54, 1.807) is 10.4 Å². The average Bonchev–Trinajstić information content (AvgIpc) is 2.89. The molecule has 0 spiro atoms. The first-order valence-electron chi connectivity index (χ1n) is 6.69. The molecular formula is C13H22N2O2S2. The van der Waals surface area contributed by atoms with Crippen LogP contribution in [0.5, 0.6) is 0 Å². The number of nitrogens with two attached hydrogens (primary N) is 1. The zero-order chi connectivity index (χ0) is 14.1. The van der Waals surface area contributed by atoms with E-state index in [2.05, 4.69) is 13.8 Å². The Kier molecular flexibility index (Phi) is 4.35. The highest BCUT2D eigenvalue weighted by atomic mass is 32.2. The SMILES string of the molecule is CCC1(C)CCN(S(=O)(=O)c2cc(CN)cs2)CC1. The maximum Gasteiger partial charge on any atom is 0.252 e. The molecule has 1 aliphatic heterocycles. The minimum atomic E-state index is -3.31. The zero-order valence-electron chi connectivity index (χ0n) is 11.6. The number of rotatable bonds is 4. The highest BCUT2D eigenvalue weighted by Gasteiger charge is 2.34. The summed E-state index contributed by atoms with van der Waals surface area (Å²) in [5.74, 6) is 0. The van der Waals surface area contributed by atoms with Crippen molar-refractivity contribution in [1.82, 2.24) is 4.31 Å². The van der Waals surface area contributed by atoms with Crippen molar-refractivity contribution in [1.29, 1.82) is 0 Å². The lowest BCUT2D eigenvalue weighted by Gasteiger charge is -2.37. The van der Waals surface area contributed by atoms with Gasteiger partial charge in [0.15, 0.2) is 0 Å². The van der Waals surface area contributed by atoms with Crippen LogP contribution in [0.2, 0.25) is 0 Å². The summed E-state index contributed by atoms with van der Waals surface area (Å²) in [6, 6.07) is 1.70. The van der Waals surface area contributed by atoms with Crippen molar-refractivity contribution in [3.8, 4) is 0 Å². The second-order valence-corrected chi connectivity index (χ2v) is 8.62. The van der Waals surface area contributed by atoms with E-state index < -0.39 is 10.0 Å². The van der Waals surface area contributed by atoms with Gasteiger partial charge in [0.1, 0.15) is 4.21 Å². The summed E-state index contributed by atoms with van der Waals surface area (Å²) in [5.41, 5.74) is 6.72.